The van der Waals surface area contributed by atoms with Crippen molar-refractivity contribution in [3.05, 3.63) is 95.6 Å². The van der Waals surface area contributed by atoms with Gasteiger partial charge in [0.1, 0.15) is 11.9 Å². The van der Waals surface area contributed by atoms with Crippen molar-refractivity contribution >= 4 is 46.0 Å². The van der Waals surface area contributed by atoms with E-state index in [1.165, 1.54) is 17.3 Å². The van der Waals surface area contributed by atoms with Crippen LogP contribution in [0, 0.1) is 0 Å². The van der Waals surface area contributed by atoms with Crippen LogP contribution in [0.2, 0.25) is 0 Å². The van der Waals surface area contributed by atoms with Gasteiger partial charge in [0.25, 0.3) is 5.91 Å². The Balaban J connectivity index is 1.38. The second-order valence-corrected chi connectivity index (χ2v) is 9.42. The fraction of sp³-hybridized carbons (Fsp3) is 0.185. The first-order chi connectivity index (χ1) is 16.5. The number of hydrogen-bond acceptors (Lipinski definition) is 5. The Morgan fingerprint density at radius 1 is 0.971 bits per heavy atom. The van der Waals surface area contributed by atoms with Gasteiger partial charge in [0.05, 0.1) is 11.4 Å². The van der Waals surface area contributed by atoms with E-state index in [0.717, 1.165) is 22.5 Å². The van der Waals surface area contributed by atoms with Gasteiger partial charge in [0, 0.05) is 11.3 Å². The standard InChI is InChI=1S/C27H24N4O2S/c1-17(2)18-12-14-20(15-13-18)28-23(32)16-34-27-29-22-11-7-6-10-21(22)25-30-26(33)24(31(25)27)19-8-4-3-5-9-19/h3-15,17,24H,16H2,1-2H3,(H,28,32). The maximum Gasteiger partial charge on any atom is 0.275 e. The van der Waals surface area contributed by atoms with Crippen molar-refractivity contribution in [3.8, 4) is 0 Å². The van der Waals surface area contributed by atoms with E-state index in [4.69, 9.17) is 4.99 Å². The number of amidine groups is 2. The van der Waals surface area contributed by atoms with Crippen molar-refractivity contribution in [2.75, 3.05) is 11.1 Å². The van der Waals surface area contributed by atoms with Gasteiger partial charge in [-0.1, -0.05) is 80.2 Å². The molecule has 2 amide bonds. The molecule has 1 N–H and O–H groups in total. The molecule has 0 aromatic heterocycles. The molecule has 170 valence electrons. The van der Waals surface area contributed by atoms with Gasteiger partial charge < -0.3 is 5.32 Å². The number of benzene rings is 3. The monoisotopic (exact) mass is 468 g/mol. The first kappa shape index (κ1) is 22.1. The van der Waals surface area contributed by atoms with E-state index >= 15 is 0 Å². The molecule has 34 heavy (non-hydrogen) atoms. The lowest BCUT2D eigenvalue weighted by Gasteiger charge is -2.31. The zero-order chi connectivity index (χ0) is 23.7. The lowest BCUT2D eigenvalue weighted by molar-refractivity contribution is -0.119. The number of fused-ring (bicyclic) bond motifs is 3. The highest BCUT2D eigenvalue weighted by Gasteiger charge is 2.42. The topological polar surface area (TPSA) is 74.1 Å². The molecule has 3 aromatic rings. The predicted octanol–water partition coefficient (Wildman–Crippen LogP) is 5.51. The molecule has 0 radical (unpaired) electrons. The number of carbonyl (C=O) groups excluding carboxylic acids is 2. The van der Waals surface area contributed by atoms with Gasteiger partial charge in [-0.15, -0.1) is 0 Å². The number of para-hydroxylation sites is 1. The van der Waals surface area contributed by atoms with E-state index in [-0.39, 0.29) is 17.6 Å². The van der Waals surface area contributed by atoms with Crippen LogP contribution in [0.1, 0.15) is 42.5 Å². The number of nitrogens with one attached hydrogen (secondary N) is 1. The van der Waals surface area contributed by atoms with Crippen molar-refractivity contribution < 1.29 is 9.59 Å². The molecule has 5 rings (SSSR count). The van der Waals surface area contributed by atoms with Crippen LogP contribution in [0.3, 0.4) is 0 Å². The van der Waals surface area contributed by atoms with E-state index in [1.807, 2.05) is 83.8 Å². The molecule has 7 heteroatoms. The minimum absolute atomic E-state index is 0.135. The van der Waals surface area contributed by atoms with Gasteiger partial charge in [0.2, 0.25) is 5.91 Å². The van der Waals surface area contributed by atoms with Crippen LogP contribution >= 0.6 is 11.8 Å². The normalized spacial score (nSPS) is 16.6. The Morgan fingerprint density at radius 2 is 1.68 bits per heavy atom. The van der Waals surface area contributed by atoms with E-state index in [0.29, 0.717) is 16.9 Å². The first-order valence-electron chi connectivity index (χ1n) is 11.2. The second-order valence-electron chi connectivity index (χ2n) is 8.48. The van der Waals surface area contributed by atoms with Gasteiger partial charge in [-0.2, -0.15) is 4.99 Å². The van der Waals surface area contributed by atoms with E-state index in [9.17, 15) is 9.59 Å². The van der Waals surface area contributed by atoms with Crippen LogP contribution < -0.4 is 5.32 Å². The van der Waals surface area contributed by atoms with E-state index < -0.39 is 6.04 Å². The molecule has 0 spiro atoms. The molecule has 2 aliphatic heterocycles. The predicted molar refractivity (Wildman–Crippen MR) is 138 cm³/mol. The summed E-state index contributed by atoms with van der Waals surface area (Å²) >= 11 is 1.30. The fourth-order valence-electron chi connectivity index (χ4n) is 4.07. The summed E-state index contributed by atoms with van der Waals surface area (Å²) in [6.45, 7) is 4.27. The summed E-state index contributed by atoms with van der Waals surface area (Å²) in [7, 11) is 0. The first-order valence-corrected chi connectivity index (χ1v) is 12.2. The number of carbonyl (C=O) groups is 2. The van der Waals surface area contributed by atoms with Crippen LogP contribution in [-0.2, 0) is 9.59 Å². The average molecular weight is 469 g/mol. The molecule has 2 heterocycles. The molecular formula is C27H24N4O2S. The summed E-state index contributed by atoms with van der Waals surface area (Å²) in [5.41, 5.74) is 4.37. The zero-order valence-corrected chi connectivity index (χ0v) is 19.8. The summed E-state index contributed by atoms with van der Waals surface area (Å²) in [6, 6.07) is 24.5. The maximum absolute atomic E-state index is 13.0. The zero-order valence-electron chi connectivity index (χ0n) is 18.9. The Morgan fingerprint density at radius 3 is 2.41 bits per heavy atom. The van der Waals surface area contributed by atoms with Crippen molar-refractivity contribution in [2.45, 2.75) is 25.8 Å². The maximum atomic E-state index is 13.0. The second kappa shape index (κ2) is 9.27. The van der Waals surface area contributed by atoms with Crippen molar-refractivity contribution in [1.82, 2.24) is 4.90 Å². The van der Waals surface area contributed by atoms with E-state index in [2.05, 4.69) is 24.2 Å². The number of hydrogen-bond donors (Lipinski definition) is 1. The number of rotatable bonds is 5. The lowest BCUT2D eigenvalue weighted by Crippen LogP contribution is -2.39. The highest BCUT2D eigenvalue weighted by molar-refractivity contribution is 8.14. The molecule has 0 bridgehead atoms. The molecule has 2 aliphatic rings. The molecule has 1 atom stereocenters. The Labute approximate surface area is 202 Å². The average Bonchev–Trinajstić information content (AvgIpc) is 3.20. The molecule has 0 saturated carbocycles. The number of amides is 2. The molecule has 1 unspecified atom stereocenters. The minimum Gasteiger partial charge on any atom is -0.325 e. The van der Waals surface area contributed by atoms with Gasteiger partial charge in [0.15, 0.2) is 5.17 Å². The molecule has 6 nitrogen and oxygen atoms in total. The van der Waals surface area contributed by atoms with Gasteiger partial charge >= 0.3 is 0 Å². The summed E-state index contributed by atoms with van der Waals surface area (Å²) in [6.07, 6.45) is 0. The van der Waals surface area contributed by atoms with E-state index in [1.54, 1.807) is 0 Å². The quantitative estimate of drug-likeness (QED) is 0.536. The van der Waals surface area contributed by atoms with Gasteiger partial charge in [-0.3, -0.25) is 14.5 Å². The summed E-state index contributed by atoms with van der Waals surface area (Å²) < 4.78 is 0. The third-order valence-electron chi connectivity index (χ3n) is 5.81. The molecule has 0 fully saturated rings. The van der Waals surface area contributed by atoms with Gasteiger partial charge in [-0.05, 0) is 41.3 Å². The number of nitrogens with zero attached hydrogens (tertiary/aromatic N) is 3. The third kappa shape index (κ3) is 4.26. The highest BCUT2D eigenvalue weighted by atomic mass is 32.2. The van der Waals surface area contributed by atoms with Crippen LogP contribution in [-0.4, -0.2) is 33.5 Å². The Kier molecular flexibility index (Phi) is 6.02. The lowest BCUT2D eigenvalue weighted by atomic mass is 10.0. The largest absolute Gasteiger partial charge is 0.325 e. The highest BCUT2D eigenvalue weighted by Crippen LogP contribution is 2.39. The summed E-state index contributed by atoms with van der Waals surface area (Å²) in [5.74, 6) is 0.803. The van der Waals surface area contributed by atoms with Crippen molar-refractivity contribution in [3.63, 3.8) is 0 Å². The molecule has 0 saturated heterocycles. The fourth-order valence-corrected chi connectivity index (χ4v) is 4.89. The number of anilines is 1. The van der Waals surface area contributed by atoms with Gasteiger partial charge in [-0.25, -0.2) is 4.99 Å². The van der Waals surface area contributed by atoms with Crippen molar-refractivity contribution in [1.29, 1.82) is 0 Å². The van der Waals surface area contributed by atoms with Crippen molar-refractivity contribution in [2.24, 2.45) is 9.98 Å². The smallest absolute Gasteiger partial charge is 0.275 e. The van der Waals surface area contributed by atoms with Crippen LogP contribution in [0.25, 0.3) is 0 Å². The minimum atomic E-state index is -0.595. The summed E-state index contributed by atoms with van der Waals surface area (Å²) in [4.78, 5) is 36.7. The molecule has 0 aliphatic carbocycles. The van der Waals surface area contributed by atoms with Crippen LogP contribution in [0.4, 0.5) is 11.4 Å². The number of thioether (sulfide) groups is 1. The Bertz CT molecular complexity index is 1300. The summed E-state index contributed by atoms with van der Waals surface area (Å²) in [5, 5.41) is 3.53. The van der Waals surface area contributed by atoms with Crippen LogP contribution in [0.5, 0.6) is 0 Å². The Hall–Kier alpha value is -3.71. The molecular weight excluding hydrogens is 444 g/mol. The SMILES string of the molecule is CC(C)c1ccc(NC(=O)CSC2=Nc3ccccc3C3=NC(=O)C(c4ccccc4)N23)cc1. The van der Waals surface area contributed by atoms with Crippen LogP contribution in [0.15, 0.2) is 88.8 Å². The number of aliphatic imine (C=N–C) groups is 2. The third-order valence-corrected chi connectivity index (χ3v) is 6.77. The molecule has 3 aromatic carbocycles.